The highest BCUT2D eigenvalue weighted by molar-refractivity contribution is 5.33. The van der Waals surface area contributed by atoms with E-state index in [0.29, 0.717) is 13.2 Å². The van der Waals surface area contributed by atoms with Crippen molar-refractivity contribution in [2.75, 3.05) is 6.61 Å². The minimum atomic E-state index is -0.338. The van der Waals surface area contributed by atoms with Crippen molar-refractivity contribution in [3.63, 3.8) is 0 Å². The molecule has 0 fully saturated rings. The van der Waals surface area contributed by atoms with Crippen LogP contribution >= 0.6 is 0 Å². The van der Waals surface area contributed by atoms with Gasteiger partial charge < -0.3 is 4.74 Å². The van der Waals surface area contributed by atoms with Gasteiger partial charge in [-0.2, -0.15) is 5.26 Å². The molecular weight excluding hydrogens is 260 g/mol. The maximum Gasteiger partial charge on any atom is 0.121 e. The SMILES string of the molecule is CCCOc1cccc(C(C#N)NCc2ccccc2)c1. The van der Waals surface area contributed by atoms with Crippen molar-refractivity contribution < 1.29 is 4.74 Å². The number of nitrogens with one attached hydrogen (secondary N) is 1. The average molecular weight is 280 g/mol. The van der Waals surface area contributed by atoms with Gasteiger partial charge in [0.25, 0.3) is 0 Å². The second kappa shape index (κ2) is 8.08. The van der Waals surface area contributed by atoms with Gasteiger partial charge in [-0.15, -0.1) is 0 Å². The summed E-state index contributed by atoms with van der Waals surface area (Å²) < 4.78 is 5.62. The van der Waals surface area contributed by atoms with Crippen molar-refractivity contribution in [1.29, 1.82) is 5.26 Å². The van der Waals surface area contributed by atoms with Gasteiger partial charge in [0.05, 0.1) is 12.7 Å². The van der Waals surface area contributed by atoms with Crippen LogP contribution in [-0.2, 0) is 6.54 Å². The zero-order valence-electron chi connectivity index (χ0n) is 12.3. The van der Waals surface area contributed by atoms with E-state index in [1.165, 1.54) is 0 Å². The highest BCUT2D eigenvalue weighted by Crippen LogP contribution is 2.19. The van der Waals surface area contributed by atoms with Crippen LogP contribution in [0.5, 0.6) is 5.75 Å². The molecule has 2 aromatic carbocycles. The largest absolute Gasteiger partial charge is 0.494 e. The van der Waals surface area contributed by atoms with Crippen LogP contribution in [0.4, 0.5) is 0 Å². The molecule has 1 atom stereocenters. The lowest BCUT2D eigenvalue weighted by atomic mass is 10.1. The van der Waals surface area contributed by atoms with E-state index in [2.05, 4.69) is 18.3 Å². The van der Waals surface area contributed by atoms with Gasteiger partial charge in [0, 0.05) is 6.54 Å². The number of ether oxygens (including phenoxy) is 1. The van der Waals surface area contributed by atoms with Crippen molar-refractivity contribution in [2.45, 2.75) is 25.9 Å². The quantitative estimate of drug-likeness (QED) is 0.838. The fourth-order valence-electron chi connectivity index (χ4n) is 2.06. The molecule has 0 aliphatic heterocycles. The number of rotatable bonds is 7. The van der Waals surface area contributed by atoms with E-state index >= 15 is 0 Å². The Bertz CT molecular complexity index is 590. The summed E-state index contributed by atoms with van der Waals surface area (Å²) in [5.41, 5.74) is 2.10. The number of hydrogen-bond donors (Lipinski definition) is 1. The van der Waals surface area contributed by atoms with E-state index in [-0.39, 0.29) is 6.04 Å². The molecule has 0 aliphatic carbocycles. The Morgan fingerprint density at radius 1 is 1.14 bits per heavy atom. The number of nitrogens with zero attached hydrogens (tertiary/aromatic N) is 1. The Kier molecular flexibility index (Phi) is 5.81. The second-order valence-corrected chi connectivity index (χ2v) is 4.85. The number of nitriles is 1. The van der Waals surface area contributed by atoms with E-state index in [1.807, 2.05) is 54.6 Å². The molecule has 0 radical (unpaired) electrons. The van der Waals surface area contributed by atoms with Gasteiger partial charge in [-0.3, -0.25) is 5.32 Å². The molecule has 0 bridgehead atoms. The normalized spacial score (nSPS) is 11.6. The van der Waals surface area contributed by atoms with Crippen molar-refractivity contribution in [3.8, 4) is 11.8 Å². The van der Waals surface area contributed by atoms with E-state index < -0.39 is 0 Å². The molecule has 2 rings (SSSR count). The predicted molar refractivity (Wildman–Crippen MR) is 83.9 cm³/mol. The lowest BCUT2D eigenvalue weighted by Crippen LogP contribution is -2.19. The summed E-state index contributed by atoms with van der Waals surface area (Å²) in [6, 6.07) is 19.8. The standard InChI is InChI=1S/C18H20N2O/c1-2-11-21-17-10-6-9-16(12-17)18(13-19)20-14-15-7-4-3-5-8-15/h3-10,12,18,20H,2,11,14H2,1H3. The Labute approximate surface area is 126 Å². The maximum absolute atomic E-state index is 9.37. The molecule has 1 unspecified atom stereocenters. The first kappa shape index (κ1) is 15.1. The van der Waals surface area contributed by atoms with Crippen LogP contribution in [0.2, 0.25) is 0 Å². The summed E-state index contributed by atoms with van der Waals surface area (Å²) >= 11 is 0. The van der Waals surface area contributed by atoms with Gasteiger partial charge in [0.1, 0.15) is 11.8 Å². The monoisotopic (exact) mass is 280 g/mol. The molecule has 1 N–H and O–H groups in total. The van der Waals surface area contributed by atoms with Crippen LogP contribution in [0.1, 0.15) is 30.5 Å². The molecular formula is C18H20N2O. The van der Waals surface area contributed by atoms with Gasteiger partial charge in [-0.25, -0.2) is 0 Å². The third-order valence-corrected chi connectivity index (χ3v) is 3.15. The Hall–Kier alpha value is -2.31. The molecule has 108 valence electrons. The van der Waals surface area contributed by atoms with Gasteiger partial charge in [-0.1, -0.05) is 49.4 Å². The first-order chi connectivity index (χ1) is 10.3. The molecule has 0 saturated carbocycles. The lowest BCUT2D eigenvalue weighted by Gasteiger charge is -2.13. The molecule has 0 saturated heterocycles. The van der Waals surface area contributed by atoms with Gasteiger partial charge in [-0.05, 0) is 29.7 Å². The lowest BCUT2D eigenvalue weighted by molar-refractivity contribution is 0.317. The van der Waals surface area contributed by atoms with Crippen LogP contribution in [0.3, 0.4) is 0 Å². The summed E-state index contributed by atoms with van der Waals surface area (Å²) in [5, 5.41) is 12.6. The molecule has 0 aliphatic rings. The van der Waals surface area contributed by atoms with Crippen LogP contribution in [0.25, 0.3) is 0 Å². The van der Waals surface area contributed by atoms with Gasteiger partial charge in [0.2, 0.25) is 0 Å². The minimum Gasteiger partial charge on any atom is -0.494 e. The van der Waals surface area contributed by atoms with Crippen molar-refractivity contribution in [3.05, 3.63) is 65.7 Å². The van der Waals surface area contributed by atoms with Crippen LogP contribution < -0.4 is 10.1 Å². The Morgan fingerprint density at radius 2 is 1.95 bits per heavy atom. The second-order valence-electron chi connectivity index (χ2n) is 4.85. The number of benzene rings is 2. The van der Waals surface area contributed by atoms with Crippen molar-refractivity contribution in [1.82, 2.24) is 5.32 Å². The topological polar surface area (TPSA) is 45.0 Å². The minimum absolute atomic E-state index is 0.338. The highest BCUT2D eigenvalue weighted by Gasteiger charge is 2.10. The third-order valence-electron chi connectivity index (χ3n) is 3.15. The molecule has 0 amide bonds. The molecule has 21 heavy (non-hydrogen) atoms. The third kappa shape index (κ3) is 4.62. The smallest absolute Gasteiger partial charge is 0.121 e. The first-order valence-electron chi connectivity index (χ1n) is 7.23. The summed E-state index contributed by atoms with van der Waals surface area (Å²) in [7, 11) is 0. The van der Waals surface area contributed by atoms with Crippen molar-refractivity contribution in [2.24, 2.45) is 0 Å². The molecule has 0 heterocycles. The summed E-state index contributed by atoms with van der Waals surface area (Å²) in [4.78, 5) is 0. The fraction of sp³-hybridized carbons (Fsp3) is 0.278. The van der Waals surface area contributed by atoms with Crippen molar-refractivity contribution >= 4 is 0 Å². The van der Waals surface area contributed by atoms with E-state index in [0.717, 1.165) is 23.3 Å². The summed E-state index contributed by atoms with van der Waals surface area (Å²) in [6.07, 6.45) is 0.970. The zero-order chi connectivity index (χ0) is 14.9. The van der Waals surface area contributed by atoms with E-state index in [4.69, 9.17) is 4.74 Å². The predicted octanol–water partition coefficient (Wildman–Crippen LogP) is 3.83. The van der Waals surface area contributed by atoms with Crippen LogP contribution in [0.15, 0.2) is 54.6 Å². The van der Waals surface area contributed by atoms with Crippen LogP contribution in [0, 0.1) is 11.3 Å². The molecule has 3 heteroatoms. The van der Waals surface area contributed by atoms with Gasteiger partial charge >= 0.3 is 0 Å². The van der Waals surface area contributed by atoms with Crippen LogP contribution in [-0.4, -0.2) is 6.61 Å². The first-order valence-corrected chi connectivity index (χ1v) is 7.23. The summed E-state index contributed by atoms with van der Waals surface area (Å²) in [5.74, 6) is 0.816. The maximum atomic E-state index is 9.37. The summed E-state index contributed by atoms with van der Waals surface area (Å²) in [6.45, 7) is 3.43. The molecule has 0 spiro atoms. The Balaban J connectivity index is 2.02. The van der Waals surface area contributed by atoms with Gasteiger partial charge in [0.15, 0.2) is 0 Å². The zero-order valence-corrected chi connectivity index (χ0v) is 12.3. The molecule has 0 aromatic heterocycles. The molecule has 2 aromatic rings. The highest BCUT2D eigenvalue weighted by atomic mass is 16.5. The molecule has 3 nitrogen and oxygen atoms in total. The van der Waals surface area contributed by atoms with E-state index in [1.54, 1.807) is 0 Å². The van der Waals surface area contributed by atoms with E-state index in [9.17, 15) is 5.26 Å². The number of hydrogen-bond acceptors (Lipinski definition) is 3. The average Bonchev–Trinajstić information content (AvgIpc) is 2.55. The Morgan fingerprint density at radius 3 is 2.67 bits per heavy atom. The fourth-order valence-corrected chi connectivity index (χ4v) is 2.06.